The van der Waals surface area contributed by atoms with Crippen LogP contribution in [0.1, 0.15) is 30.6 Å². The lowest BCUT2D eigenvalue weighted by molar-refractivity contribution is 0.0954. The molecule has 86 valence electrons. The number of carbonyl (C=O) groups excluding carboxylic acids is 1. The number of hydrogen-bond donors (Lipinski definition) is 1. The number of nitrogens with one attached hydrogen (secondary N) is 1. The van der Waals surface area contributed by atoms with Crippen molar-refractivity contribution >= 4 is 11.6 Å². The van der Waals surface area contributed by atoms with E-state index in [0.717, 1.165) is 17.9 Å². The van der Waals surface area contributed by atoms with Gasteiger partial charge in [-0.05, 0) is 37.6 Å². The molecule has 0 radical (unpaired) electrons. The van der Waals surface area contributed by atoms with Gasteiger partial charge in [-0.25, -0.2) is 5.43 Å². The van der Waals surface area contributed by atoms with Gasteiger partial charge in [0.25, 0.3) is 5.91 Å². The zero-order valence-electron chi connectivity index (χ0n) is 9.78. The minimum Gasteiger partial charge on any atom is -0.497 e. The Morgan fingerprint density at radius 3 is 2.50 bits per heavy atom. The predicted octanol–water partition coefficient (Wildman–Crippen LogP) is 2.21. The molecule has 0 heterocycles. The van der Waals surface area contributed by atoms with E-state index in [1.807, 2.05) is 13.8 Å². The Hall–Kier alpha value is -1.84. The van der Waals surface area contributed by atoms with E-state index in [4.69, 9.17) is 4.74 Å². The van der Waals surface area contributed by atoms with E-state index in [2.05, 4.69) is 10.5 Å². The molecule has 0 aliphatic carbocycles. The average molecular weight is 220 g/mol. The summed E-state index contributed by atoms with van der Waals surface area (Å²) in [6.07, 6.45) is 0.822. The first-order chi connectivity index (χ1) is 7.67. The lowest BCUT2D eigenvalue weighted by atomic mass is 10.2. The molecule has 0 spiro atoms. The Morgan fingerprint density at radius 1 is 1.38 bits per heavy atom. The van der Waals surface area contributed by atoms with Gasteiger partial charge in [-0.2, -0.15) is 5.10 Å². The van der Waals surface area contributed by atoms with E-state index in [-0.39, 0.29) is 5.91 Å². The molecule has 0 aliphatic rings. The lowest BCUT2D eigenvalue weighted by Crippen LogP contribution is -2.18. The molecule has 1 N–H and O–H groups in total. The Kier molecular flexibility index (Phi) is 4.51. The first-order valence-electron chi connectivity index (χ1n) is 5.15. The molecular formula is C12H16N2O2. The maximum Gasteiger partial charge on any atom is 0.271 e. The van der Waals surface area contributed by atoms with Gasteiger partial charge in [0.05, 0.1) is 7.11 Å². The quantitative estimate of drug-likeness (QED) is 0.624. The summed E-state index contributed by atoms with van der Waals surface area (Å²) in [5.74, 6) is 0.514. The third-order valence-corrected chi connectivity index (χ3v) is 2.21. The fourth-order valence-corrected chi connectivity index (χ4v) is 1.03. The lowest BCUT2D eigenvalue weighted by Gasteiger charge is -2.02. The largest absolute Gasteiger partial charge is 0.497 e. The topological polar surface area (TPSA) is 50.7 Å². The van der Waals surface area contributed by atoms with E-state index in [0.29, 0.717) is 5.56 Å². The fourth-order valence-electron chi connectivity index (χ4n) is 1.03. The number of methoxy groups -OCH3 is 1. The number of hydrogen-bond acceptors (Lipinski definition) is 3. The van der Waals surface area contributed by atoms with E-state index < -0.39 is 0 Å². The number of amides is 1. The molecular weight excluding hydrogens is 204 g/mol. The van der Waals surface area contributed by atoms with Gasteiger partial charge in [0.15, 0.2) is 0 Å². The Labute approximate surface area is 95.3 Å². The maximum atomic E-state index is 11.6. The van der Waals surface area contributed by atoms with Crippen molar-refractivity contribution in [1.29, 1.82) is 0 Å². The van der Waals surface area contributed by atoms with Crippen molar-refractivity contribution in [1.82, 2.24) is 5.43 Å². The van der Waals surface area contributed by atoms with Gasteiger partial charge in [-0.3, -0.25) is 4.79 Å². The summed E-state index contributed by atoms with van der Waals surface area (Å²) in [7, 11) is 1.59. The van der Waals surface area contributed by atoms with E-state index in [1.165, 1.54) is 0 Å². The van der Waals surface area contributed by atoms with Crippen LogP contribution in [0.2, 0.25) is 0 Å². The SMILES string of the molecule is CC/C(C)=N/NC(=O)c1ccc(OC)cc1. The number of ether oxygens (including phenoxy) is 1. The van der Waals surface area contributed by atoms with Crippen molar-refractivity contribution in [2.45, 2.75) is 20.3 Å². The van der Waals surface area contributed by atoms with Gasteiger partial charge in [0.1, 0.15) is 5.75 Å². The van der Waals surface area contributed by atoms with Crippen LogP contribution in [0.3, 0.4) is 0 Å². The fraction of sp³-hybridized carbons (Fsp3) is 0.333. The summed E-state index contributed by atoms with van der Waals surface area (Å²) in [6, 6.07) is 6.88. The van der Waals surface area contributed by atoms with Crippen molar-refractivity contribution in [2.24, 2.45) is 5.10 Å². The van der Waals surface area contributed by atoms with Gasteiger partial charge < -0.3 is 4.74 Å². The van der Waals surface area contributed by atoms with Crippen LogP contribution in [0.15, 0.2) is 29.4 Å². The molecule has 0 saturated heterocycles. The standard InChI is InChI=1S/C12H16N2O2/c1-4-9(2)13-14-12(15)10-5-7-11(16-3)8-6-10/h5-8H,4H2,1-3H3,(H,14,15)/b13-9+. The summed E-state index contributed by atoms with van der Waals surface area (Å²) >= 11 is 0. The number of hydrazone groups is 1. The number of nitrogens with zero attached hydrogens (tertiary/aromatic N) is 1. The molecule has 4 nitrogen and oxygen atoms in total. The highest BCUT2D eigenvalue weighted by Crippen LogP contribution is 2.10. The molecule has 1 amide bonds. The summed E-state index contributed by atoms with van der Waals surface area (Å²) in [4.78, 5) is 11.6. The molecule has 1 aromatic rings. The van der Waals surface area contributed by atoms with Crippen LogP contribution >= 0.6 is 0 Å². The minimum atomic E-state index is -0.213. The molecule has 0 bridgehead atoms. The van der Waals surface area contributed by atoms with Crippen molar-refractivity contribution in [3.63, 3.8) is 0 Å². The Balaban J connectivity index is 2.66. The molecule has 1 rings (SSSR count). The normalized spacial score (nSPS) is 11.1. The summed E-state index contributed by atoms with van der Waals surface area (Å²) < 4.78 is 5.01. The van der Waals surface area contributed by atoms with Crippen LogP contribution in [0.25, 0.3) is 0 Å². The predicted molar refractivity (Wildman–Crippen MR) is 63.9 cm³/mol. The average Bonchev–Trinajstić information content (AvgIpc) is 2.35. The molecule has 0 atom stereocenters. The van der Waals surface area contributed by atoms with E-state index in [1.54, 1.807) is 31.4 Å². The zero-order chi connectivity index (χ0) is 12.0. The van der Waals surface area contributed by atoms with E-state index in [9.17, 15) is 4.79 Å². The molecule has 0 aliphatic heterocycles. The maximum absolute atomic E-state index is 11.6. The van der Waals surface area contributed by atoms with Crippen LogP contribution < -0.4 is 10.2 Å². The minimum absolute atomic E-state index is 0.213. The molecule has 0 aromatic heterocycles. The van der Waals surface area contributed by atoms with Gasteiger partial charge >= 0.3 is 0 Å². The highest BCUT2D eigenvalue weighted by molar-refractivity contribution is 5.95. The monoisotopic (exact) mass is 220 g/mol. The van der Waals surface area contributed by atoms with Crippen molar-refractivity contribution in [2.75, 3.05) is 7.11 Å². The number of carbonyl (C=O) groups is 1. The molecule has 0 fully saturated rings. The summed E-state index contributed by atoms with van der Waals surface area (Å²) in [6.45, 7) is 3.85. The second-order valence-electron chi connectivity index (χ2n) is 3.37. The van der Waals surface area contributed by atoms with Gasteiger partial charge in [0.2, 0.25) is 0 Å². The second-order valence-corrected chi connectivity index (χ2v) is 3.37. The highest BCUT2D eigenvalue weighted by atomic mass is 16.5. The highest BCUT2D eigenvalue weighted by Gasteiger charge is 2.03. The molecule has 0 saturated carbocycles. The van der Waals surface area contributed by atoms with Crippen LogP contribution in [0, 0.1) is 0 Å². The smallest absolute Gasteiger partial charge is 0.271 e. The molecule has 1 aromatic carbocycles. The van der Waals surface area contributed by atoms with Crippen LogP contribution in [0.5, 0.6) is 5.75 Å². The number of rotatable bonds is 4. The van der Waals surface area contributed by atoms with E-state index >= 15 is 0 Å². The number of benzene rings is 1. The summed E-state index contributed by atoms with van der Waals surface area (Å²) in [5, 5.41) is 3.95. The molecule has 16 heavy (non-hydrogen) atoms. The van der Waals surface area contributed by atoms with Crippen molar-refractivity contribution in [3.8, 4) is 5.75 Å². The Morgan fingerprint density at radius 2 is 2.00 bits per heavy atom. The third-order valence-electron chi connectivity index (χ3n) is 2.21. The molecule has 4 heteroatoms. The first-order valence-corrected chi connectivity index (χ1v) is 5.15. The summed E-state index contributed by atoms with van der Waals surface area (Å²) in [5.41, 5.74) is 3.95. The second kappa shape index (κ2) is 5.90. The first kappa shape index (κ1) is 12.2. The molecule has 0 unspecified atom stereocenters. The van der Waals surface area contributed by atoms with Crippen LogP contribution in [-0.4, -0.2) is 18.7 Å². The zero-order valence-corrected chi connectivity index (χ0v) is 9.78. The van der Waals surface area contributed by atoms with Gasteiger partial charge in [-0.1, -0.05) is 6.92 Å². The van der Waals surface area contributed by atoms with Crippen LogP contribution in [-0.2, 0) is 0 Å². The third kappa shape index (κ3) is 3.38. The Bertz CT molecular complexity index is 383. The van der Waals surface area contributed by atoms with Crippen LogP contribution in [0.4, 0.5) is 0 Å². The van der Waals surface area contributed by atoms with Crippen molar-refractivity contribution < 1.29 is 9.53 Å². The van der Waals surface area contributed by atoms with Gasteiger partial charge in [0, 0.05) is 11.3 Å². The van der Waals surface area contributed by atoms with Crippen molar-refractivity contribution in [3.05, 3.63) is 29.8 Å². The van der Waals surface area contributed by atoms with Gasteiger partial charge in [-0.15, -0.1) is 0 Å².